The monoisotopic (exact) mass is 396 g/mol. The minimum absolute atomic E-state index is 0.0523. The van der Waals surface area contributed by atoms with Crippen molar-refractivity contribution in [3.05, 3.63) is 41.0 Å². The summed E-state index contributed by atoms with van der Waals surface area (Å²) < 4.78 is 10.9. The first-order valence-electron chi connectivity index (χ1n) is 10.6. The van der Waals surface area contributed by atoms with Crippen molar-refractivity contribution in [2.45, 2.75) is 44.6 Å². The smallest absolute Gasteiger partial charge is 0.254 e. The van der Waals surface area contributed by atoms with E-state index in [1.165, 1.54) is 19.3 Å². The number of nitrogens with zero attached hydrogens (tertiary/aromatic N) is 4. The van der Waals surface area contributed by atoms with Gasteiger partial charge in [-0.1, -0.05) is 5.16 Å². The fourth-order valence-electron chi connectivity index (χ4n) is 4.49. The molecule has 0 bridgehead atoms. The third kappa shape index (κ3) is 3.64. The molecule has 1 aromatic heterocycles. The van der Waals surface area contributed by atoms with Crippen LogP contribution in [0.25, 0.3) is 0 Å². The number of methoxy groups -OCH3 is 1. The number of likely N-dealkylation sites (tertiary alicyclic amines) is 2. The van der Waals surface area contributed by atoms with Gasteiger partial charge in [-0.15, -0.1) is 0 Å². The lowest BCUT2D eigenvalue weighted by Crippen LogP contribution is -2.49. The van der Waals surface area contributed by atoms with Crippen molar-refractivity contribution < 1.29 is 14.1 Å². The lowest BCUT2D eigenvalue weighted by molar-refractivity contribution is 0.0591. The first kappa shape index (κ1) is 18.6. The van der Waals surface area contributed by atoms with E-state index in [2.05, 4.69) is 10.1 Å². The normalized spacial score (nSPS) is 22.7. The molecule has 3 heterocycles. The summed E-state index contributed by atoms with van der Waals surface area (Å²) in [5, 5.41) is 4.25. The van der Waals surface area contributed by atoms with Gasteiger partial charge in [0.25, 0.3) is 5.91 Å². The van der Waals surface area contributed by atoms with E-state index in [0.29, 0.717) is 13.1 Å². The first-order chi connectivity index (χ1) is 14.1. The molecular formula is C22H28N4O3. The maximum atomic E-state index is 12.8. The van der Waals surface area contributed by atoms with Crippen LogP contribution in [-0.2, 0) is 0 Å². The minimum Gasteiger partial charge on any atom is -0.497 e. The molecule has 1 amide bonds. The maximum Gasteiger partial charge on any atom is 0.254 e. The van der Waals surface area contributed by atoms with Gasteiger partial charge in [0, 0.05) is 25.2 Å². The highest BCUT2D eigenvalue weighted by Crippen LogP contribution is 2.38. The van der Waals surface area contributed by atoms with Crippen LogP contribution >= 0.6 is 0 Å². The van der Waals surface area contributed by atoms with Crippen molar-refractivity contribution in [2.24, 2.45) is 5.92 Å². The van der Waals surface area contributed by atoms with Crippen LogP contribution in [0, 0.1) is 12.8 Å². The van der Waals surface area contributed by atoms with Crippen molar-refractivity contribution in [3.8, 4) is 5.75 Å². The van der Waals surface area contributed by atoms with Gasteiger partial charge in [0.2, 0.25) is 5.89 Å². The summed E-state index contributed by atoms with van der Waals surface area (Å²) in [7, 11) is 1.63. The number of benzene rings is 1. The number of aromatic nitrogens is 2. The second-order valence-corrected chi connectivity index (χ2v) is 8.68. The molecule has 154 valence electrons. The average molecular weight is 396 g/mol. The predicted molar refractivity (Wildman–Crippen MR) is 107 cm³/mol. The molecule has 1 atom stereocenters. The SMILES string of the molecule is COc1ccc(C(=O)N2CC(c3noc(C4CCCN4CC4CC4)n3)C2)c(C)c1. The second kappa shape index (κ2) is 7.44. The van der Waals surface area contributed by atoms with Gasteiger partial charge in [0.15, 0.2) is 5.82 Å². The van der Waals surface area contributed by atoms with Gasteiger partial charge in [-0.25, -0.2) is 0 Å². The topological polar surface area (TPSA) is 71.7 Å². The predicted octanol–water partition coefficient (Wildman–Crippen LogP) is 3.17. The van der Waals surface area contributed by atoms with Crippen LogP contribution < -0.4 is 4.74 Å². The van der Waals surface area contributed by atoms with Gasteiger partial charge >= 0.3 is 0 Å². The molecule has 1 aromatic carbocycles. The van der Waals surface area contributed by atoms with Crippen LogP contribution in [0.1, 0.15) is 65.3 Å². The van der Waals surface area contributed by atoms with Crippen LogP contribution in [-0.4, -0.2) is 59.1 Å². The highest BCUT2D eigenvalue weighted by molar-refractivity contribution is 5.96. The summed E-state index contributed by atoms with van der Waals surface area (Å²) in [6.07, 6.45) is 5.01. The Kier molecular flexibility index (Phi) is 4.78. The minimum atomic E-state index is 0.0523. The second-order valence-electron chi connectivity index (χ2n) is 8.68. The zero-order chi connectivity index (χ0) is 20.0. The summed E-state index contributed by atoms with van der Waals surface area (Å²) in [5.41, 5.74) is 1.65. The Bertz CT molecular complexity index is 901. The van der Waals surface area contributed by atoms with Gasteiger partial charge in [-0.05, 0) is 68.8 Å². The standard InChI is InChI=1S/C22H28N4O3/c1-14-10-17(28-2)7-8-18(14)22(27)26-12-16(13-26)20-23-21(29-24-20)19-4-3-9-25(19)11-15-5-6-15/h7-8,10,15-16,19H,3-6,9,11-13H2,1-2H3. The lowest BCUT2D eigenvalue weighted by atomic mass is 9.97. The number of carbonyl (C=O) groups excluding carboxylic acids is 1. The first-order valence-corrected chi connectivity index (χ1v) is 10.6. The van der Waals surface area contributed by atoms with Gasteiger partial charge in [-0.2, -0.15) is 4.98 Å². The molecule has 29 heavy (non-hydrogen) atoms. The molecule has 0 N–H and O–H groups in total. The fourth-order valence-corrected chi connectivity index (χ4v) is 4.49. The van der Waals surface area contributed by atoms with Crippen LogP contribution in [0.3, 0.4) is 0 Å². The van der Waals surface area contributed by atoms with E-state index in [1.807, 2.05) is 30.0 Å². The summed E-state index contributed by atoms with van der Waals surface area (Å²) in [4.78, 5) is 21.9. The molecule has 3 aliphatic rings. The Morgan fingerprint density at radius 1 is 1.28 bits per heavy atom. The molecule has 1 aliphatic carbocycles. The zero-order valence-electron chi connectivity index (χ0n) is 17.1. The third-order valence-corrected chi connectivity index (χ3v) is 6.49. The van der Waals surface area contributed by atoms with Gasteiger partial charge in [0.1, 0.15) is 5.75 Å². The Morgan fingerprint density at radius 3 is 2.83 bits per heavy atom. The highest BCUT2D eigenvalue weighted by Gasteiger charge is 2.38. The molecule has 0 spiro atoms. The number of aryl methyl sites for hydroxylation is 1. The number of amides is 1. The average Bonchev–Trinajstić information content (AvgIpc) is 3.16. The molecule has 1 unspecified atom stereocenters. The molecule has 2 aliphatic heterocycles. The quantitative estimate of drug-likeness (QED) is 0.747. The van der Waals surface area contributed by atoms with Gasteiger partial charge < -0.3 is 14.2 Å². The van der Waals surface area contributed by atoms with E-state index >= 15 is 0 Å². The van der Waals surface area contributed by atoms with Crippen LogP contribution in [0.15, 0.2) is 22.7 Å². The summed E-state index contributed by atoms with van der Waals surface area (Å²) >= 11 is 0. The van der Waals surface area contributed by atoms with E-state index < -0.39 is 0 Å². The van der Waals surface area contributed by atoms with E-state index in [0.717, 1.165) is 54.0 Å². The van der Waals surface area contributed by atoms with E-state index in [-0.39, 0.29) is 17.9 Å². The Labute approximate surface area is 171 Å². The number of hydrogen-bond acceptors (Lipinski definition) is 6. The maximum absolute atomic E-state index is 12.8. The van der Waals surface area contributed by atoms with Crippen LogP contribution in [0.5, 0.6) is 5.75 Å². The fraction of sp³-hybridized carbons (Fsp3) is 0.591. The van der Waals surface area contributed by atoms with Crippen molar-refractivity contribution >= 4 is 5.91 Å². The number of carbonyl (C=O) groups is 1. The molecule has 5 rings (SSSR count). The molecule has 0 radical (unpaired) electrons. The molecule has 7 heteroatoms. The summed E-state index contributed by atoms with van der Waals surface area (Å²) in [6, 6.07) is 5.84. The Morgan fingerprint density at radius 2 is 2.10 bits per heavy atom. The van der Waals surface area contributed by atoms with Gasteiger partial charge in [-0.3, -0.25) is 9.69 Å². The Balaban J connectivity index is 1.21. The van der Waals surface area contributed by atoms with Crippen LogP contribution in [0.2, 0.25) is 0 Å². The van der Waals surface area contributed by atoms with E-state index in [9.17, 15) is 4.79 Å². The molecular weight excluding hydrogens is 368 g/mol. The third-order valence-electron chi connectivity index (χ3n) is 6.49. The van der Waals surface area contributed by atoms with Gasteiger partial charge in [0.05, 0.1) is 19.1 Å². The number of ether oxygens (including phenoxy) is 1. The van der Waals surface area contributed by atoms with Crippen molar-refractivity contribution in [2.75, 3.05) is 33.3 Å². The molecule has 3 fully saturated rings. The molecule has 2 saturated heterocycles. The summed E-state index contributed by atoms with van der Waals surface area (Å²) in [6.45, 7) is 5.51. The number of hydrogen-bond donors (Lipinski definition) is 0. The largest absolute Gasteiger partial charge is 0.497 e. The summed E-state index contributed by atoms with van der Waals surface area (Å²) in [5.74, 6) is 3.35. The van der Waals surface area contributed by atoms with Crippen molar-refractivity contribution in [3.63, 3.8) is 0 Å². The van der Waals surface area contributed by atoms with Crippen molar-refractivity contribution in [1.82, 2.24) is 19.9 Å². The van der Waals surface area contributed by atoms with E-state index in [1.54, 1.807) is 7.11 Å². The van der Waals surface area contributed by atoms with E-state index in [4.69, 9.17) is 14.2 Å². The lowest BCUT2D eigenvalue weighted by Gasteiger charge is -2.37. The Hall–Kier alpha value is -2.41. The zero-order valence-corrected chi connectivity index (χ0v) is 17.1. The molecule has 7 nitrogen and oxygen atoms in total. The molecule has 2 aromatic rings. The molecule has 1 saturated carbocycles. The van der Waals surface area contributed by atoms with Crippen LogP contribution in [0.4, 0.5) is 0 Å². The number of rotatable bonds is 6. The van der Waals surface area contributed by atoms with Crippen molar-refractivity contribution in [1.29, 1.82) is 0 Å². The highest BCUT2D eigenvalue weighted by atomic mass is 16.5.